The van der Waals surface area contributed by atoms with Gasteiger partial charge < -0.3 is 9.47 Å². The number of ether oxygens (including phenoxy) is 2. The summed E-state index contributed by atoms with van der Waals surface area (Å²) in [5.74, 6) is 3.39. The van der Waals surface area contributed by atoms with Crippen LogP contribution in [0, 0.1) is 0 Å². The van der Waals surface area contributed by atoms with Gasteiger partial charge in [0.1, 0.15) is 12.2 Å². The lowest BCUT2D eigenvalue weighted by Gasteiger charge is -2.28. The third-order valence-electron chi connectivity index (χ3n) is 6.77. The lowest BCUT2D eigenvalue weighted by atomic mass is 9.80. The van der Waals surface area contributed by atoms with Crippen molar-refractivity contribution >= 4 is 0 Å². The van der Waals surface area contributed by atoms with Gasteiger partial charge in [-0.1, -0.05) is 34.1 Å². The molecule has 2 unspecified atom stereocenters. The molecule has 4 rings (SSSR count). The van der Waals surface area contributed by atoms with Crippen molar-refractivity contribution in [1.82, 2.24) is 19.9 Å². The zero-order valence-electron chi connectivity index (χ0n) is 18.5. The monoisotopic (exact) mass is 396 g/mol. The number of hydrogen-bond donors (Lipinski definition) is 0. The second-order valence-corrected chi connectivity index (χ2v) is 8.91. The SMILES string of the molecule is CCc1c(OC)nc(C2CC2(C)c2ncnc(OC)c2C(C)C)nc1C1CCC1. The van der Waals surface area contributed by atoms with Crippen LogP contribution in [0.2, 0.25) is 0 Å². The molecule has 6 heteroatoms. The Morgan fingerprint density at radius 2 is 1.83 bits per heavy atom. The summed E-state index contributed by atoms with van der Waals surface area (Å²) >= 11 is 0. The average Bonchev–Trinajstić information content (AvgIpc) is 3.38. The van der Waals surface area contributed by atoms with Gasteiger partial charge >= 0.3 is 0 Å². The maximum absolute atomic E-state index is 5.69. The molecule has 2 atom stereocenters. The minimum Gasteiger partial charge on any atom is -0.481 e. The van der Waals surface area contributed by atoms with Crippen molar-refractivity contribution in [2.45, 2.75) is 83.0 Å². The van der Waals surface area contributed by atoms with Gasteiger partial charge in [0.2, 0.25) is 11.8 Å². The van der Waals surface area contributed by atoms with E-state index < -0.39 is 0 Å². The molecular weight excluding hydrogens is 364 g/mol. The van der Waals surface area contributed by atoms with Crippen LogP contribution >= 0.6 is 0 Å². The van der Waals surface area contributed by atoms with E-state index in [9.17, 15) is 0 Å². The quantitative estimate of drug-likeness (QED) is 0.677. The van der Waals surface area contributed by atoms with E-state index in [4.69, 9.17) is 24.4 Å². The van der Waals surface area contributed by atoms with Gasteiger partial charge in [-0.2, -0.15) is 4.98 Å². The first-order valence-corrected chi connectivity index (χ1v) is 10.8. The summed E-state index contributed by atoms with van der Waals surface area (Å²) < 4.78 is 11.2. The first-order valence-electron chi connectivity index (χ1n) is 10.8. The summed E-state index contributed by atoms with van der Waals surface area (Å²) in [6.45, 7) is 8.75. The molecule has 0 aromatic carbocycles. The summed E-state index contributed by atoms with van der Waals surface area (Å²) in [6, 6.07) is 0. The van der Waals surface area contributed by atoms with Crippen molar-refractivity contribution in [1.29, 1.82) is 0 Å². The summed E-state index contributed by atoms with van der Waals surface area (Å²) in [4.78, 5) is 19.0. The first-order chi connectivity index (χ1) is 13.9. The standard InChI is InChI=1S/C23H32N4O2/c1-7-15-18(14-9-8-10-14)26-20(27-21(15)28-5)16-11-23(16,4)19-17(13(2)3)22(29-6)25-12-24-19/h12-14,16H,7-11H2,1-6H3. The zero-order valence-corrected chi connectivity index (χ0v) is 18.5. The van der Waals surface area contributed by atoms with E-state index in [2.05, 4.69) is 32.7 Å². The number of methoxy groups -OCH3 is 2. The van der Waals surface area contributed by atoms with Gasteiger partial charge in [-0.3, -0.25) is 0 Å². The molecule has 2 aliphatic carbocycles. The third-order valence-corrected chi connectivity index (χ3v) is 6.77. The average molecular weight is 397 g/mol. The van der Waals surface area contributed by atoms with Crippen LogP contribution < -0.4 is 9.47 Å². The van der Waals surface area contributed by atoms with Crippen LogP contribution in [-0.4, -0.2) is 34.2 Å². The normalized spacial score (nSPS) is 23.8. The van der Waals surface area contributed by atoms with Crippen LogP contribution in [0.1, 0.15) is 99.5 Å². The van der Waals surface area contributed by atoms with E-state index in [1.807, 2.05) is 0 Å². The van der Waals surface area contributed by atoms with Gasteiger partial charge in [0, 0.05) is 28.4 Å². The highest BCUT2D eigenvalue weighted by Crippen LogP contribution is 2.61. The fraction of sp³-hybridized carbons (Fsp3) is 0.652. The molecule has 0 aliphatic heterocycles. The summed E-state index contributed by atoms with van der Waals surface area (Å²) in [7, 11) is 3.39. The van der Waals surface area contributed by atoms with Crippen LogP contribution in [0.3, 0.4) is 0 Å². The van der Waals surface area contributed by atoms with Crippen molar-refractivity contribution in [3.63, 3.8) is 0 Å². The highest BCUT2D eigenvalue weighted by atomic mass is 16.5. The predicted octanol–water partition coefficient (Wildman–Crippen LogP) is 4.68. The van der Waals surface area contributed by atoms with Crippen molar-refractivity contribution in [3.8, 4) is 11.8 Å². The van der Waals surface area contributed by atoms with E-state index in [0.717, 1.165) is 35.8 Å². The Labute approximate surface area is 173 Å². The van der Waals surface area contributed by atoms with Crippen LogP contribution in [0.15, 0.2) is 6.33 Å². The van der Waals surface area contributed by atoms with Gasteiger partial charge in [-0.15, -0.1) is 0 Å². The molecule has 0 spiro atoms. The smallest absolute Gasteiger partial charge is 0.219 e. The number of rotatable bonds is 7. The minimum absolute atomic E-state index is 0.106. The van der Waals surface area contributed by atoms with Crippen molar-refractivity contribution < 1.29 is 9.47 Å². The Morgan fingerprint density at radius 3 is 2.38 bits per heavy atom. The Hall–Kier alpha value is -2.24. The van der Waals surface area contributed by atoms with Gasteiger partial charge in [0.15, 0.2) is 0 Å². The maximum Gasteiger partial charge on any atom is 0.219 e. The van der Waals surface area contributed by atoms with Gasteiger partial charge in [-0.25, -0.2) is 15.0 Å². The zero-order chi connectivity index (χ0) is 20.8. The van der Waals surface area contributed by atoms with E-state index in [-0.39, 0.29) is 17.3 Å². The molecule has 0 amide bonds. The van der Waals surface area contributed by atoms with Gasteiger partial charge in [0.25, 0.3) is 0 Å². The first kappa shape index (κ1) is 20.0. The summed E-state index contributed by atoms with van der Waals surface area (Å²) in [5.41, 5.74) is 4.44. The molecule has 2 aromatic heterocycles. The molecular formula is C23H32N4O2. The van der Waals surface area contributed by atoms with Crippen LogP contribution in [0.4, 0.5) is 0 Å². The maximum atomic E-state index is 5.69. The Bertz CT molecular complexity index is 910. The second-order valence-electron chi connectivity index (χ2n) is 8.91. The van der Waals surface area contributed by atoms with Gasteiger partial charge in [0.05, 0.1) is 25.6 Å². The lowest BCUT2D eigenvalue weighted by molar-refractivity contribution is 0.373. The molecule has 2 aliphatic rings. The molecule has 0 N–H and O–H groups in total. The van der Waals surface area contributed by atoms with Crippen molar-refractivity contribution in [2.24, 2.45) is 0 Å². The fourth-order valence-electron chi connectivity index (χ4n) is 4.69. The summed E-state index contributed by atoms with van der Waals surface area (Å²) in [5, 5.41) is 0. The molecule has 2 heterocycles. The van der Waals surface area contributed by atoms with E-state index in [1.165, 1.54) is 30.5 Å². The molecule has 2 fully saturated rings. The van der Waals surface area contributed by atoms with E-state index in [1.54, 1.807) is 20.5 Å². The topological polar surface area (TPSA) is 70.0 Å². The van der Waals surface area contributed by atoms with Crippen LogP contribution in [0.5, 0.6) is 11.8 Å². The van der Waals surface area contributed by atoms with Crippen molar-refractivity contribution in [3.05, 3.63) is 34.7 Å². The molecule has 0 radical (unpaired) electrons. The predicted molar refractivity (Wildman–Crippen MR) is 112 cm³/mol. The lowest BCUT2D eigenvalue weighted by Crippen LogP contribution is -2.18. The van der Waals surface area contributed by atoms with Crippen LogP contribution in [0.25, 0.3) is 0 Å². The molecule has 2 saturated carbocycles. The molecule has 6 nitrogen and oxygen atoms in total. The molecule has 0 saturated heterocycles. The highest BCUT2D eigenvalue weighted by molar-refractivity contribution is 5.45. The molecule has 29 heavy (non-hydrogen) atoms. The number of aromatic nitrogens is 4. The largest absolute Gasteiger partial charge is 0.481 e. The Kier molecular flexibility index (Phi) is 5.21. The fourth-order valence-corrected chi connectivity index (χ4v) is 4.69. The molecule has 0 bridgehead atoms. The third kappa shape index (κ3) is 3.26. The number of nitrogens with zero attached hydrogens (tertiary/aromatic N) is 4. The van der Waals surface area contributed by atoms with Crippen LogP contribution in [-0.2, 0) is 11.8 Å². The minimum atomic E-state index is -0.106. The Morgan fingerprint density at radius 1 is 1.10 bits per heavy atom. The molecule has 156 valence electrons. The Balaban J connectivity index is 1.75. The van der Waals surface area contributed by atoms with Crippen molar-refractivity contribution in [2.75, 3.05) is 14.2 Å². The summed E-state index contributed by atoms with van der Waals surface area (Å²) in [6.07, 6.45) is 7.21. The molecule has 2 aromatic rings. The highest BCUT2D eigenvalue weighted by Gasteiger charge is 2.57. The second kappa shape index (κ2) is 7.54. The number of hydrogen-bond acceptors (Lipinski definition) is 6. The van der Waals surface area contributed by atoms with Gasteiger partial charge in [-0.05, 0) is 31.6 Å². The van der Waals surface area contributed by atoms with E-state index in [0.29, 0.717) is 11.8 Å². The van der Waals surface area contributed by atoms with E-state index >= 15 is 0 Å².